The molecule has 24 heavy (non-hydrogen) atoms. The molecule has 8 heteroatoms. The fraction of sp³-hybridized carbons (Fsp3) is 0.812. The van der Waals surface area contributed by atoms with Gasteiger partial charge in [0.15, 0.2) is 0 Å². The number of carbonyl (C=O) groups excluding carboxylic acids is 1. The Morgan fingerprint density at radius 3 is 2.96 bits per heavy atom. The Labute approximate surface area is 145 Å². The lowest BCUT2D eigenvalue weighted by Crippen LogP contribution is -2.61. The van der Waals surface area contributed by atoms with Crippen molar-refractivity contribution in [3.63, 3.8) is 0 Å². The highest BCUT2D eigenvalue weighted by Gasteiger charge is 2.46. The number of aromatic nitrogens is 2. The zero-order valence-electron chi connectivity index (χ0n) is 14.0. The van der Waals surface area contributed by atoms with Gasteiger partial charge in [0.25, 0.3) is 0 Å². The second-order valence-electron chi connectivity index (χ2n) is 7.03. The molecule has 7 nitrogen and oxygen atoms in total. The predicted molar refractivity (Wildman–Crippen MR) is 90.3 cm³/mol. The van der Waals surface area contributed by atoms with E-state index in [-0.39, 0.29) is 23.7 Å². The molecule has 3 aliphatic rings. The maximum absolute atomic E-state index is 12.2. The molecule has 0 radical (unpaired) electrons. The lowest BCUT2D eigenvalue weighted by Gasteiger charge is -2.51. The first-order valence-corrected chi connectivity index (χ1v) is 9.53. The maximum Gasteiger partial charge on any atom is 0.249 e. The van der Waals surface area contributed by atoms with Crippen LogP contribution in [0.3, 0.4) is 0 Å². The highest BCUT2D eigenvalue weighted by Crippen LogP contribution is 2.41. The molecule has 132 valence electrons. The summed E-state index contributed by atoms with van der Waals surface area (Å²) < 4.78 is 16.1. The Kier molecular flexibility index (Phi) is 4.44. The molecule has 1 saturated carbocycles. The maximum atomic E-state index is 12.2. The highest BCUT2D eigenvalue weighted by atomic mass is 32.1. The van der Waals surface area contributed by atoms with E-state index in [1.807, 2.05) is 6.92 Å². The summed E-state index contributed by atoms with van der Waals surface area (Å²) in [6.07, 6.45) is 4.84. The number of aryl methyl sites for hydroxylation is 1. The van der Waals surface area contributed by atoms with Gasteiger partial charge in [0.05, 0.1) is 11.7 Å². The van der Waals surface area contributed by atoms with E-state index in [0.29, 0.717) is 13.2 Å². The van der Waals surface area contributed by atoms with E-state index in [9.17, 15) is 4.79 Å². The van der Waals surface area contributed by atoms with Crippen LogP contribution in [0.15, 0.2) is 0 Å². The number of ether oxygens (including phenoxy) is 2. The summed E-state index contributed by atoms with van der Waals surface area (Å²) in [5, 5.41) is 3.97. The van der Waals surface area contributed by atoms with Gasteiger partial charge < -0.3 is 19.7 Å². The van der Waals surface area contributed by atoms with Gasteiger partial charge in [-0.05, 0) is 39.0 Å². The molecule has 2 unspecified atom stereocenters. The first-order chi connectivity index (χ1) is 11.6. The van der Waals surface area contributed by atoms with Crippen molar-refractivity contribution in [2.45, 2.75) is 56.8 Å². The molecule has 1 aromatic heterocycles. The van der Waals surface area contributed by atoms with Gasteiger partial charge in [0.2, 0.25) is 11.0 Å². The zero-order valence-corrected chi connectivity index (χ0v) is 14.8. The number of morpholine rings is 1. The largest absolute Gasteiger partial charge is 0.368 e. The van der Waals surface area contributed by atoms with E-state index in [4.69, 9.17) is 9.47 Å². The first kappa shape index (κ1) is 16.2. The molecule has 2 atom stereocenters. The molecule has 0 aromatic carbocycles. The molecule has 1 N–H and O–H groups in total. The van der Waals surface area contributed by atoms with Crippen LogP contribution in [-0.2, 0) is 14.3 Å². The van der Waals surface area contributed by atoms with Gasteiger partial charge in [-0.2, -0.15) is 4.37 Å². The van der Waals surface area contributed by atoms with E-state index in [1.54, 1.807) is 0 Å². The number of hydrogen-bond donors (Lipinski definition) is 1. The quantitative estimate of drug-likeness (QED) is 0.879. The number of hydrogen-bond acceptors (Lipinski definition) is 7. The smallest absolute Gasteiger partial charge is 0.249 e. The van der Waals surface area contributed by atoms with E-state index in [0.717, 1.165) is 49.7 Å². The van der Waals surface area contributed by atoms with E-state index < -0.39 is 0 Å². The monoisotopic (exact) mass is 352 g/mol. The predicted octanol–water partition coefficient (Wildman–Crippen LogP) is 1.27. The van der Waals surface area contributed by atoms with Gasteiger partial charge in [0.1, 0.15) is 11.9 Å². The van der Waals surface area contributed by atoms with Crippen molar-refractivity contribution in [2.24, 2.45) is 0 Å². The summed E-state index contributed by atoms with van der Waals surface area (Å²) in [6, 6.07) is 0. The van der Waals surface area contributed by atoms with Crippen molar-refractivity contribution in [3.05, 3.63) is 5.82 Å². The molecule has 1 aromatic rings. The van der Waals surface area contributed by atoms with Crippen LogP contribution in [0.4, 0.5) is 5.13 Å². The van der Waals surface area contributed by atoms with Crippen LogP contribution in [0, 0.1) is 6.92 Å². The van der Waals surface area contributed by atoms with Crippen LogP contribution in [0.25, 0.3) is 0 Å². The summed E-state index contributed by atoms with van der Waals surface area (Å²) in [6.45, 7) is 4.74. The van der Waals surface area contributed by atoms with Crippen LogP contribution in [0.5, 0.6) is 0 Å². The Bertz CT molecular complexity index is 598. The fourth-order valence-corrected chi connectivity index (χ4v) is 4.39. The number of nitrogens with one attached hydrogen (secondary N) is 1. The molecule has 3 heterocycles. The van der Waals surface area contributed by atoms with Crippen LogP contribution in [-0.4, -0.2) is 59.3 Å². The van der Waals surface area contributed by atoms with E-state index in [1.165, 1.54) is 18.0 Å². The average molecular weight is 352 g/mol. The minimum atomic E-state index is -0.284. The molecule has 1 aliphatic carbocycles. The summed E-state index contributed by atoms with van der Waals surface area (Å²) in [5.41, 5.74) is -0.0723. The first-order valence-electron chi connectivity index (χ1n) is 8.76. The van der Waals surface area contributed by atoms with Gasteiger partial charge in [-0.25, -0.2) is 4.98 Å². The number of amides is 1. The normalized spacial score (nSPS) is 28.8. The lowest BCUT2D eigenvalue weighted by atomic mass is 9.78. The highest BCUT2D eigenvalue weighted by molar-refractivity contribution is 7.09. The molecule has 0 bridgehead atoms. The van der Waals surface area contributed by atoms with E-state index >= 15 is 0 Å². The van der Waals surface area contributed by atoms with Gasteiger partial charge in [-0.15, -0.1) is 0 Å². The molecule has 1 spiro atoms. The number of rotatable bonds is 4. The molecule has 4 rings (SSSR count). The summed E-state index contributed by atoms with van der Waals surface area (Å²) in [5.74, 6) is 0.801. The molecule has 3 fully saturated rings. The second kappa shape index (κ2) is 6.57. The van der Waals surface area contributed by atoms with Crippen molar-refractivity contribution in [2.75, 3.05) is 31.1 Å². The third-order valence-electron chi connectivity index (χ3n) is 5.10. The zero-order chi connectivity index (χ0) is 16.6. The Hall–Kier alpha value is -1.25. The summed E-state index contributed by atoms with van der Waals surface area (Å²) >= 11 is 1.44. The van der Waals surface area contributed by atoms with Gasteiger partial charge in [0, 0.05) is 37.8 Å². The lowest BCUT2D eigenvalue weighted by molar-refractivity contribution is -0.150. The van der Waals surface area contributed by atoms with Crippen molar-refractivity contribution in [1.29, 1.82) is 0 Å². The fourth-order valence-electron chi connectivity index (χ4n) is 3.71. The minimum absolute atomic E-state index is 0.0114. The topological polar surface area (TPSA) is 76.6 Å². The van der Waals surface area contributed by atoms with Crippen LogP contribution < -0.4 is 10.2 Å². The SMILES string of the molecule is Cc1nsc(N2CC(CNC(=O)C3CCCO3)OC3(CCC3)C2)n1. The van der Waals surface area contributed by atoms with Crippen LogP contribution >= 0.6 is 11.5 Å². The number of carbonyl (C=O) groups is 1. The van der Waals surface area contributed by atoms with Crippen LogP contribution in [0.1, 0.15) is 37.9 Å². The molecule has 2 aliphatic heterocycles. The summed E-state index contributed by atoms with van der Waals surface area (Å²) in [4.78, 5) is 19.0. The van der Waals surface area contributed by atoms with Crippen molar-refractivity contribution in [1.82, 2.24) is 14.7 Å². The third-order valence-corrected chi connectivity index (χ3v) is 5.97. The van der Waals surface area contributed by atoms with Crippen LogP contribution in [0.2, 0.25) is 0 Å². The second-order valence-corrected chi connectivity index (χ2v) is 7.76. The molecule has 1 amide bonds. The molecular weight excluding hydrogens is 328 g/mol. The standard InChI is InChI=1S/C16H24N4O3S/c1-11-18-15(24-19-11)20-9-12(23-16(10-20)5-3-6-16)8-17-14(21)13-4-2-7-22-13/h12-13H,2-10H2,1H3,(H,17,21). The molecular formula is C16H24N4O3S. The number of nitrogens with zero attached hydrogens (tertiary/aromatic N) is 3. The Balaban J connectivity index is 1.39. The third kappa shape index (κ3) is 3.27. The Morgan fingerprint density at radius 1 is 1.46 bits per heavy atom. The molecule has 2 saturated heterocycles. The average Bonchev–Trinajstić information content (AvgIpc) is 3.22. The van der Waals surface area contributed by atoms with Gasteiger partial charge in [-0.3, -0.25) is 4.79 Å². The number of anilines is 1. The van der Waals surface area contributed by atoms with Crippen molar-refractivity contribution in [3.8, 4) is 0 Å². The Morgan fingerprint density at radius 2 is 2.33 bits per heavy atom. The van der Waals surface area contributed by atoms with Crippen molar-refractivity contribution >= 4 is 22.6 Å². The summed E-state index contributed by atoms with van der Waals surface area (Å²) in [7, 11) is 0. The minimum Gasteiger partial charge on any atom is -0.368 e. The van der Waals surface area contributed by atoms with Crippen molar-refractivity contribution < 1.29 is 14.3 Å². The van der Waals surface area contributed by atoms with Gasteiger partial charge >= 0.3 is 0 Å². The van der Waals surface area contributed by atoms with E-state index in [2.05, 4.69) is 19.6 Å². The van der Waals surface area contributed by atoms with Gasteiger partial charge in [-0.1, -0.05) is 0 Å².